The largest absolute Gasteiger partial charge is 0.343 e. The molecule has 4 heteroatoms. The van der Waals surface area contributed by atoms with Crippen molar-refractivity contribution in [2.45, 2.75) is 39.2 Å². The maximum absolute atomic E-state index is 12.2. The van der Waals surface area contributed by atoms with Crippen LogP contribution in [0, 0.1) is 0 Å². The number of carbonyl (C=O) groups is 1. The molecule has 0 radical (unpaired) electrons. The minimum Gasteiger partial charge on any atom is -0.343 e. The number of allylic oxidation sites excluding steroid dienone is 1. The standard InChI is InChI=1S/C24H27N3O/c1-5-14-27-17-19(21-8-6-7-9-22(21)27)16-25-26-23(28)15-18-10-12-20(13-11-18)24(2,3)4/h5-13,16-17H,1,14-15H2,2-4H3,(H,26,28). The monoisotopic (exact) mass is 373 g/mol. The van der Waals surface area contributed by atoms with Crippen molar-refractivity contribution in [1.29, 1.82) is 0 Å². The highest BCUT2D eigenvalue weighted by molar-refractivity contribution is 5.99. The number of carbonyl (C=O) groups excluding carboxylic acids is 1. The third-order valence-corrected chi connectivity index (χ3v) is 4.72. The molecule has 0 spiro atoms. The molecule has 3 aromatic rings. The van der Waals surface area contributed by atoms with E-state index in [1.807, 2.05) is 36.5 Å². The van der Waals surface area contributed by atoms with Crippen molar-refractivity contribution >= 4 is 23.0 Å². The number of benzene rings is 2. The first-order valence-electron chi connectivity index (χ1n) is 9.48. The van der Waals surface area contributed by atoms with E-state index in [1.54, 1.807) is 6.21 Å². The molecule has 0 atom stereocenters. The Labute approximate surface area is 166 Å². The van der Waals surface area contributed by atoms with Gasteiger partial charge in [-0.1, -0.05) is 69.3 Å². The van der Waals surface area contributed by atoms with Crippen LogP contribution in [0.15, 0.2) is 72.5 Å². The van der Waals surface area contributed by atoms with E-state index in [1.165, 1.54) is 5.56 Å². The Morgan fingerprint density at radius 1 is 1.14 bits per heavy atom. The maximum Gasteiger partial charge on any atom is 0.244 e. The number of fused-ring (bicyclic) bond motifs is 1. The Morgan fingerprint density at radius 3 is 2.54 bits per heavy atom. The number of hydrogen-bond acceptors (Lipinski definition) is 2. The number of aromatic nitrogens is 1. The van der Waals surface area contributed by atoms with Crippen LogP contribution in [-0.2, 0) is 23.2 Å². The second-order valence-corrected chi connectivity index (χ2v) is 7.96. The summed E-state index contributed by atoms with van der Waals surface area (Å²) in [5.74, 6) is -0.130. The second-order valence-electron chi connectivity index (χ2n) is 7.96. The van der Waals surface area contributed by atoms with Crippen molar-refractivity contribution in [3.63, 3.8) is 0 Å². The van der Waals surface area contributed by atoms with Crippen LogP contribution in [0.2, 0.25) is 0 Å². The van der Waals surface area contributed by atoms with Crippen molar-refractivity contribution in [2.24, 2.45) is 5.10 Å². The molecule has 0 aliphatic carbocycles. The molecule has 28 heavy (non-hydrogen) atoms. The number of rotatable bonds is 6. The first-order chi connectivity index (χ1) is 13.4. The highest BCUT2D eigenvalue weighted by atomic mass is 16.2. The van der Waals surface area contributed by atoms with E-state index in [4.69, 9.17) is 0 Å². The van der Waals surface area contributed by atoms with Crippen LogP contribution in [0.5, 0.6) is 0 Å². The summed E-state index contributed by atoms with van der Waals surface area (Å²) in [6.07, 6.45) is 5.88. The number of nitrogens with one attached hydrogen (secondary N) is 1. The smallest absolute Gasteiger partial charge is 0.244 e. The lowest BCUT2D eigenvalue weighted by Crippen LogP contribution is -2.20. The predicted octanol–water partition coefficient (Wildman–Crippen LogP) is 4.82. The number of nitrogens with zero attached hydrogens (tertiary/aromatic N) is 2. The zero-order valence-corrected chi connectivity index (χ0v) is 16.8. The molecule has 0 aliphatic heterocycles. The van der Waals surface area contributed by atoms with Crippen molar-refractivity contribution in [3.05, 3.63) is 84.1 Å². The summed E-state index contributed by atoms with van der Waals surface area (Å²) < 4.78 is 2.11. The summed E-state index contributed by atoms with van der Waals surface area (Å²) in [6.45, 7) is 11.1. The number of hydrogen-bond donors (Lipinski definition) is 1. The van der Waals surface area contributed by atoms with Gasteiger partial charge in [0.05, 0.1) is 12.6 Å². The van der Waals surface area contributed by atoms with Crippen molar-refractivity contribution in [2.75, 3.05) is 0 Å². The van der Waals surface area contributed by atoms with E-state index >= 15 is 0 Å². The van der Waals surface area contributed by atoms with Gasteiger partial charge in [-0.15, -0.1) is 6.58 Å². The highest BCUT2D eigenvalue weighted by Crippen LogP contribution is 2.22. The minimum absolute atomic E-state index is 0.107. The molecule has 0 fully saturated rings. The maximum atomic E-state index is 12.2. The van der Waals surface area contributed by atoms with Gasteiger partial charge in [-0.05, 0) is 22.6 Å². The third-order valence-electron chi connectivity index (χ3n) is 4.72. The Balaban J connectivity index is 1.65. The first-order valence-corrected chi connectivity index (χ1v) is 9.48. The Hall–Kier alpha value is -3.14. The topological polar surface area (TPSA) is 46.4 Å². The molecule has 1 amide bonds. The van der Waals surface area contributed by atoms with Gasteiger partial charge in [-0.25, -0.2) is 5.43 Å². The fourth-order valence-corrected chi connectivity index (χ4v) is 3.19. The molecular formula is C24H27N3O. The quantitative estimate of drug-likeness (QED) is 0.376. The third kappa shape index (κ3) is 4.58. The van der Waals surface area contributed by atoms with Crippen LogP contribution in [0.4, 0.5) is 0 Å². The highest BCUT2D eigenvalue weighted by Gasteiger charge is 2.13. The molecule has 3 rings (SSSR count). The van der Waals surface area contributed by atoms with E-state index in [-0.39, 0.29) is 11.3 Å². The lowest BCUT2D eigenvalue weighted by Gasteiger charge is -2.19. The van der Waals surface area contributed by atoms with Gasteiger partial charge in [0.25, 0.3) is 0 Å². The molecule has 0 bridgehead atoms. The summed E-state index contributed by atoms with van der Waals surface area (Å²) in [5, 5.41) is 5.25. The summed E-state index contributed by atoms with van der Waals surface area (Å²) in [7, 11) is 0. The predicted molar refractivity (Wildman–Crippen MR) is 117 cm³/mol. The molecular weight excluding hydrogens is 346 g/mol. The van der Waals surface area contributed by atoms with Gasteiger partial charge in [0, 0.05) is 29.2 Å². The average Bonchev–Trinajstić information content (AvgIpc) is 3.00. The summed E-state index contributed by atoms with van der Waals surface area (Å²) >= 11 is 0. The molecule has 1 N–H and O–H groups in total. The van der Waals surface area contributed by atoms with E-state index in [9.17, 15) is 4.79 Å². The van der Waals surface area contributed by atoms with Gasteiger partial charge in [0.2, 0.25) is 5.91 Å². The molecule has 144 valence electrons. The molecule has 2 aromatic carbocycles. The Morgan fingerprint density at radius 2 is 1.86 bits per heavy atom. The van der Waals surface area contributed by atoms with Gasteiger partial charge < -0.3 is 4.57 Å². The van der Waals surface area contributed by atoms with E-state index in [2.05, 4.69) is 66.7 Å². The van der Waals surface area contributed by atoms with Gasteiger partial charge in [-0.3, -0.25) is 4.79 Å². The minimum atomic E-state index is -0.130. The van der Waals surface area contributed by atoms with Gasteiger partial charge in [0.1, 0.15) is 0 Å². The zero-order valence-electron chi connectivity index (χ0n) is 16.8. The van der Waals surface area contributed by atoms with Gasteiger partial charge >= 0.3 is 0 Å². The SMILES string of the molecule is C=CCn1cc(C=NNC(=O)Cc2ccc(C(C)(C)C)cc2)c2ccccc21. The molecule has 0 saturated carbocycles. The molecule has 0 unspecified atom stereocenters. The molecule has 1 aromatic heterocycles. The lowest BCUT2D eigenvalue weighted by atomic mass is 9.86. The lowest BCUT2D eigenvalue weighted by molar-refractivity contribution is -0.120. The van der Waals surface area contributed by atoms with Crippen LogP contribution < -0.4 is 5.43 Å². The van der Waals surface area contributed by atoms with Crippen LogP contribution in [0.1, 0.15) is 37.5 Å². The number of hydrazone groups is 1. The molecule has 1 heterocycles. The van der Waals surface area contributed by atoms with Crippen LogP contribution >= 0.6 is 0 Å². The second kappa shape index (κ2) is 8.26. The van der Waals surface area contributed by atoms with E-state index in [0.29, 0.717) is 6.42 Å². The van der Waals surface area contributed by atoms with Crippen molar-refractivity contribution in [1.82, 2.24) is 9.99 Å². The number of amides is 1. The van der Waals surface area contributed by atoms with Crippen molar-refractivity contribution in [3.8, 4) is 0 Å². The molecule has 0 aliphatic rings. The molecule has 0 saturated heterocycles. The van der Waals surface area contributed by atoms with E-state index < -0.39 is 0 Å². The Bertz CT molecular complexity index is 1000. The zero-order chi connectivity index (χ0) is 20.1. The summed E-state index contributed by atoms with van der Waals surface area (Å²) in [6, 6.07) is 16.3. The number of para-hydroxylation sites is 1. The van der Waals surface area contributed by atoms with Crippen LogP contribution in [0.3, 0.4) is 0 Å². The average molecular weight is 374 g/mol. The fourth-order valence-electron chi connectivity index (χ4n) is 3.19. The first kappa shape index (κ1) is 19.6. The van der Waals surface area contributed by atoms with Gasteiger partial charge in [-0.2, -0.15) is 5.10 Å². The van der Waals surface area contributed by atoms with Gasteiger partial charge in [0.15, 0.2) is 0 Å². The Kier molecular flexibility index (Phi) is 5.78. The fraction of sp³-hybridized carbons (Fsp3) is 0.250. The molecule has 4 nitrogen and oxygen atoms in total. The normalized spacial score (nSPS) is 11.8. The van der Waals surface area contributed by atoms with Crippen molar-refractivity contribution < 1.29 is 4.79 Å². The summed E-state index contributed by atoms with van der Waals surface area (Å²) in [4.78, 5) is 12.2. The van der Waals surface area contributed by atoms with E-state index in [0.717, 1.165) is 28.6 Å². The van der Waals surface area contributed by atoms with Crippen LogP contribution in [-0.4, -0.2) is 16.7 Å². The van der Waals surface area contributed by atoms with Crippen LogP contribution in [0.25, 0.3) is 10.9 Å². The summed E-state index contributed by atoms with van der Waals surface area (Å²) in [5.41, 5.74) is 7.05.